The Morgan fingerprint density at radius 1 is 1.28 bits per heavy atom. The molecular weight excluding hydrogens is 228 g/mol. The molecule has 100 valence electrons. The zero-order valence-electron chi connectivity index (χ0n) is 11.2. The molecule has 1 aromatic carbocycles. The van der Waals surface area contributed by atoms with Crippen molar-refractivity contribution in [2.75, 3.05) is 6.61 Å². The van der Waals surface area contributed by atoms with Crippen molar-refractivity contribution in [3.63, 3.8) is 0 Å². The van der Waals surface area contributed by atoms with Crippen LogP contribution >= 0.6 is 0 Å². The molecule has 18 heavy (non-hydrogen) atoms. The van der Waals surface area contributed by atoms with E-state index in [0.717, 1.165) is 30.6 Å². The summed E-state index contributed by atoms with van der Waals surface area (Å²) in [7, 11) is 0. The van der Waals surface area contributed by atoms with Gasteiger partial charge in [0, 0.05) is 6.42 Å². The highest BCUT2D eigenvalue weighted by Gasteiger charge is 2.00. The van der Waals surface area contributed by atoms with Crippen LogP contribution < -0.4 is 16.0 Å². The summed E-state index contributed by atoms with van der Waals surface area (Å²) in [6, 6.07) is 6.20. The molecule has 1 amide bonds. The molecule has 0 spiro atoms. The lowest BCUT2D eigenvalue weighted by Gasteiger charge is -2.09. The number of ether oxygens (including phenoxy) is 1. The van der Waals surface area contributed by atoms with E-state index in [0.29, 0.717) is 13.0 Å². The molecule has 0 unspecified atom stereocenters. The SMILES string of the molecule is Cc1ccc(C)c(OCCCCCC(=O)NN)c1. The standard InChI is InChI=1S/C14H22N2O2/c1-11-7-8-12(2)13(10-11)18-9-5-3-4-6-14(17)16-15/h7-8,10H,3-6,9,15H2,1-2H3,(H,16,17). The summed E-state index contributed by atoms with van der Waals surface area (Å²) in [5.74, 6) is 5.84. The summed E-state index contributed by atoms with van der Waals surface area (Å²) < 4.78 is 5.73. The van der Waals surface area contributed by atoms with Gasteiger partial charge in [-0.05, 0) is 50.3 Å². The number of aryl methyl sites for hydroxylation is 2. The lowest BCUT2D eigenvalue weighted by atomic mass is 10.1. The van der Waals surface area contributed by atoms with E-state index in [-0.39, 0.29) is 5.91 Å². The quantitative estimate of drug-likeness (QED) is 0.337. The van der Waals surface area contributed by atoms with Gasteiger partial charge >= 0.3 is 0 Å². The van der Waals surface area contributed by atoms with E-state index < -0.39 is 0 Å². The van der Waals surface area contributed by atoms with Gasteiger partial charge in [0.15, 0.2) is 0 Å². The minimum absolute atomic E-state index is 0.106. The number of amides is 1. The van der Waals surface area contributed by atoms with Gasteiger partial charge in [-0.1, -0.05) is 12.1 Å². The third kappa shape index (κ3) is 5.19. The third-order valence-corrected chi connectivity index (χ3v) is 2.81. The first-order valence-corrected chi connectivity index (χ1v) is 6.33. The average Bonchev–Trinajstić information content (AvgIpc) is 2.37. The Labute approximate surface area is 108 Å². The predicted molar refractivity (Wildman–Crippen MR) is 72.2 cm³/mol. The minimum Gasteiger partial charge on any atom is -0.493 e. The van der Waals surface area contributed by atoms with Crippen molar-refractivity contribution in [2.24, 2.45) is 5.84 Å². The van der Waals surface area contributed by atoms with E-state index in [9.17, 15) is 4.79 Å². The van der Waals surface area contributed by atoms with E-state index in [1.165, 1.54) is 5.56 Å². The number of nitrogens with one attached hydrogen (secondary N) is 1. The van der Waals surface area contributed by atoms with E-state index in [4.69, 9.17) is 10.6 Å². The van der Waals surface area contributed by atoms with Crippen LogP contribution in [-0.2, 0) is 4.79 Å². The Kier molecular flexibility index (Phi) is 6.22. The summed E-state index contributed by atoms with van der Waals surface area (Å²) in [6.07, 6.45) is 3.25. The smallest absolute Gasteiger partial charge is 0.233 e. The fraction of sp³-hybridized carbons (Fsp3) is 0.500. The molecule has 0 radical (unpaired) electrons. The second kappa shape index (κ2) is 7.71. The van der Waals surface area contributed by atoms with Crippen LogP contribution in [0.1, 0.15) is 36.8 Å². The lowest BCUT2D eigenvalue weighted by molar-refractivity contribution is -0.121. The van der Waals surface area contributed by atoms with Crippen LogP contribution in [0.4, 0.5) is 0 Å². The number of hydrogen-bond donors (Lipinski definition) is 2. The first-order chi connectivity index (χ1) is 8.63. The molecule has 0 heterocycles. The Bertz CT molecular complexity index is 391. The Hall–Kier alpha value is -1.55. The molecule has 0 saturated heterocycles. The van der Waals surface area contributed by atoms with Crippen molar-refractivity contribution in [1.82, 2.24) is 5.43 Å². The van der Waals surface area contributed by atoms with Crippen molar-refractivity contribution in [3.8, 4) is 5.75 Å². The van der Waals surface area contributed by atoms with E-state index >= 15 is 0 Å². The van der Waals surface area contributed by atoms with E-state index in [2.05, 4.69) is 30.5 Å². The molecule has 0 saturated carbocycles. The Balaban J connectivity index is 2.18. The van der Waals surface area contributed by atoms with Crippen molar-refractivity contribution in [3.05, 3.63) is 29.3 Å². The number of benzene rings is 1. The number of nitrogens with two attached hydrogens (primary N) is 1. The maximum atomic E-state index is 10.9. The monoisotopic (exact) mass is 250 g/mol. The van der Waals surface area contributed by atoms with Gasteiger partial charge in [-0.2, -0.15) is 0 Å². The van der Waals surface area contributed by atoms with Crippen LogP contribution in [0.5, 0.6) is 5.75 Å². The first kappa shape index (κ1) is 14.5. The zero-order chi connectivity index (χ0) is 13.4. The fourth-order valence-electron chi connectivity index (χ4n) is 1.68. The molecule has 0 aliphatic carbocycles. The average molecular weight is 250 g/mol. The van der Waals surface area contributed by atoms with Crippen LogP contribution in [0.15, 0.2) is 18.2 Å². The topological polar surface area (TPSA) is 64.3 Å². The first-order valence-electron chi connectivity index (χ1n) is 6.33. The highest BCUT2D eigenvalue weighted by Crippen LogP contribution is 2.19. The van der Waals surface area contributed by atoms with Crippen LogP contribution in [0.25, 0.3) is 0 Å². The van der Waals surface area contributed by atoms with Crippen LogP contribution in [0, 0.1) is 13.8 Å². The molecule has 0 aromatic heterocycles. The molecule has 0 aliphatic rings. The molecule has 3 N–H and O–H groups in total. The van der Waals surface area contributed by atoms with Crippen molar-refractivity contribution in [2.45, 2.75) is 39.5 Å². The van der Waals surface area contributed by atoms with Crippen LogP contribution in [0.3, 0.4) is 0 Å². The summed E-state index contributed by atoms with van der Waals surface area (Å²) in [5, 5.41) is 0. The van der Waals surface area contributed by atoms with Crippen LogP contribution in [0.2, 0.25) is 0 Å². The van der Waals surface area contributed by atoms with Crippen molar-refractivity contribution < 1.29 is 9.53 Å². The number of carbonyl (C=O) groups is 1. The van der Waals surface area contributed by atoms with Gasteiger partial charge in [0.1, 0.15) is 5.75 Å². The summed E-state index contributed by atoms with van der Waals surface area (Å²) in [4.78, 5) is 10.9. The molecule has 4 nitrogen and oxygen atoms in total. The number of hydrogen-bond acceptors (Lipinski definition) is 3. The Morgan fingerprint density at radius 2 is 2.06 bits per heavy atom. The van der Waals surface area contributed by atoms with Gasteiger partial charge in [-0.25, -0.2) is 5.84 Å². The molecule has 1 rings (SSSR count). The van der Waals surface area contributed by atoms with Crippen LogP contribution in [-0.4, -0.2) is 12.5 Å². The second-order valence-electron chi connectivity index (χ2n) is 4.50. The Morgan fingerprint density at radius 3 is 2.78 bits per heavy atom. The van der Waals surface area contributed by atoms with Gasteiger partial charge in [0.05, 0.1) is 6.61 Å². The summed E-state index contributed by atoms with van der Waals surface area (Å²) in [5.41, 5.74) is 4.48. The van der Waals surface area contributed by atoms with Gasteiger partial charge in [0.2, 0.25) is 5.91 Å². The normalized spacial score (nSPS) is 10.2. The van der Waals surface area contributed by atoms with Gasteiger partial charge < -0.3 is 4.74 Å². The van der Waals surface area contributed by atoms with Gasteiger partial charge in [0.25, 0.3) is 0 Å². The summed E-state index contributed by atoms with van der Waals surface area (Å²) in [6.45, 7) is 4.78. The molecule has 1 aromatic rings. The fourth-order valence-corrected chi connectivity index (χ4v) is 1.68. The minimum atomic E-state index is -0.106. The molecule has 4 heteroatoms. The van der Waals surface area contributed by atoms with Gasteiger partial charge in [-0.15, -0.1) is 0 Å². The van der Waals surface area contributed by atoms with Crippen molar-refractivity contribution >= 4 is 5.91 Å². The number of rotatable bonds is 7. The van der Waals surface area contributed by atoms with E-state index in [1.807, 2.05) is 6.92 Å². The molecule has 0 fully saturated rings. The lowest BCUT2D eigenvalue weighted by Crippen LogP contribution is -2.29. The van der Waals surface area contributed by atoms with E-state index in [1.54, 1.807) is 0 Å². The molecule has 0 aliphatic heterocycles. The highest BCUT2D eigenvalue weighted by atomic mass is 16.5. The second-order valence-corrected chi connectivity index (χ2v) is 4.50. The summed E-state index contributed by atoms with van der Waals surface area (Å²) >= 11 is 0. The maximum absolute atomic E-state index is 10.9. The predicted octanol–water partition coefficient (Wildman–Crippen LogP) is 2.23. The number of unbranched alkanes of at least 4 members (excludes halogenated alkanes) is 2. The van der Waals surface area contributed by atoms with Crippen molar-refractivity contribution in [1.29, 1.82) is 0 Å². The highest BCUT2D eigenvalue weighted by molar-refractivity contribution is 5.75. The number of hydrazine groups is 1. The molecule has 0 bridgehead atoms. The van der Waals surface area contributed by atoms with Gasteiger partial charge in [-0.3, -0.25) is 10.2 Å². The maximum Gasteiger partial charge on any atom is 0.233 e. The molecular formula is C14H22N2O2. The number of carbonyl (C=O) groups excluding carboxylic acids is 1. The zero-order valence-corrected chi connectivity index (χ0v) is 11.2. The largest absolute Gasteiger partial charge is 0.493 e. The third-order valence-electron chi connectivity index (χ3n) is 2.81. The molecule has 0 atom stereocenters.